The summed E-state index contributed by atoms with van der Waals surface area (Å²) in [5, 5.41) is 3.14. The molecule has 0 unspecified atom stereocenters. The van der Waals surface area contributed by atoms with E-state index in [1.807, 2.05) is 26.0 Å². The van der Waals surface area contributed by atoms with Gasteiger partial charge < -0.3 is 0 Å². The van der Waals surface area contributed by atoms with Crippen LogP contribution in [0.2, 0.25) is 0 Å². The summed E-state index contributed by atoms with van der Waals surface area (Å²) in [6.07, 6.45) is 0. The predicted molar refractivity (Wildman–Crippen MR) is 65.6 cm³/mol. The highest BCUT2D eigenvalue weighted by Gasteiger charge is 2.10. The molecule has 0 fully saturated rings. The van der Waals surface area contributed by atoms with E-state index >= 15 is 0 Å². The van der Waals surface area contributed by atoms with Gasteiger partial charge in [0, 0.05) is 12.1 Å². The first-order valence-electron chi connectivity index (χ1n) is 5.50. The van der Waals surface area contributed by atoms with Crippen LogP contribution >= 0.6 is 0 Å². The Morgan fingerprint density at radius 2 is 1.81 bits per heavy atom. The van der Waals surface area contributed by atoms with Gasteiger partial charge in [0.2, 0.25) is 0 Å². The molecule has 3 nitrogen and oxygen atoms in total. The fourth-order valence-corrected chi connectivity index (χ4v) is 1.80. The smallest absolute Gasteiger partial charge is 0.269 e. The van der Waals surface area contributed by atoms with E-state index in [1.165, 1.54) is 5.56 Å². The van der Waals surface area contributed by atoms with Crippen LogP contribution in [0.1, 0.15) is 18.1 Å². The van der Waals surface area contributed by atoms with Gasteiger partial charge in [0.05, 0.1) is 5.69 Å². The highest BCUT2D eigenvalue weighted by Crippen LogP contribution is 2.19. The zero-order chi connectivity index (χ0) is 11.7. The molecule has 0 saturated heterocycles. The summed E-state index contributed by atoms with van der Waals surface area (Å²) in [5.41, 5.74) is 4.06. The zero-order valence-corrected chi connectivity index (χ0v) is 9.87. The first-order valence-corrected chi connectivity index (χ1v) is 5.50. The average Bonchev–Trinajstić information content (AvgIpc) is 2.57. The van der Waals surface area contributed by atoms with Crippen LogP contribution in [0.15, 0.2) is 29.1 Å². The SMILES string of the molecule is CCn1[nH]c(-c2ccc(C)cc2)c(C)c1=O. The second-order valence-corrected chi connectivity index (χ2v) is 4.03. The maximum Gasteiger partial charge on any atom is 0.269 e. The second kappa shape index (κ2) is 4.00. The van der Waals surface area contributed by atoms with Crippen molar-refractivity contribution in [2.45, 2.75) is 27.3 Å². The number of aromatic amines is 1. The van der Waals surface area contributed by atoms with Crippen LogP contribution in [0.4, 0.5) is 0 Å². The number of benzene rings is 1. The Labute approximate surface area is 94.7 Å². The van der Waals surface area contributed by atoms with Crippen LogP contribution in [-0.4, -0.2) is 9.78 Å². The van der Waals surface area contributed by atoms with Gasteiger partial charge in [-0.25, -0.2) is 0 Å². The Hall–Kier alpha value is -1.77. The highest BCUT2D eigenvalue weighted by atomic mass is 16.1. The van der Waals surface area contributed by atoms with Crippen molar-refractivity contribution in [2.75, 3.05) is 0 Å². The molecule has 0 amide bonds. The zero-order valence-electron chi connectivity index (χ0n) is 9.87. The lowest BCUT2D eigenvalue weighted by molar-refractivity contribution is 0.639. The predicted octanol–water partition coefficient (Wildman–Crippen LogP) is 2.48. The fraction of sp³-hybridized carbons (Fsp3) is 0.308. The fourth-order valence-electron chi connectivity index (χ4n) is 1.80. The van der Waals surface area contributed by atoms with Gasteiger partial charge in [-0.3, -0.25) is 14.6 Å². The van der Waals surface area contributed by atoms with Crippen molar-refractivity contribution in [3.63, 3.8) is 0 Å². The molecule has 2 aromatic rings. The molecule has 0 bridgehead atoms. The molecule has 1 aromatic heterocycles. The van der Waals surface area contributed by atoms with Crippen LogP contribution in [0.5, 0.6) is 0 Å². The molecule has 1 heterocycles. The third-order valence-corrected chi connectivity index (χ3v) is 2.84. The van der Waals surface area contributed by atoms with Gasteiger partial charge in [-0.2, -0.15) is 0 Å². The maximum atomic E-state index is 11.8. The van der Waals surface area contributed by atoms with Crippen molar-refractivity contribution in [3.05, 3.63) is 45.7 Å². The molecule has 0 saturated carbocycles. The second-order valence-electron chi connectivity index (χ2n) is 4.03. The van der Waals surface area contributed by atoms with Crippen molar-refractivity contribution in [1.29, 1.82) is 0 Å². The van der Waals surface area contributed by atoms with Crippen molar-refractivity contribution in [3.8, 4) is 11.3 Å². The minimum atomic E-state index is 0.0677. The first kappa shape index (κ1) is 10.7. The van der Waals surface area contributed by atoms with E-state index in [0.29, 0.717) is 6.54 Å². The van der Waals surface area contributed by atoms with Crippen LogP contribution < -0.4 is 5.56 Å². The molecule has 2 rings (SSSR count). The number of nitrogens with one attached hydrogen (secondary N) is 1. The van der Waals surface area contributed by atoms with Gasteiger partial charge in [-0.1, -0.05) is 29.8 Å². The van der Waals surface area contributed by atoms with Crippen LogP contribution in [0, 0.1) is 13.8 Å². The Balaban J connectivity index is 2.56. The van der Waals surface area contributed by atoms with Gasteiger partial charge in [-0.05, 0) is 26.3 Å². The summed E-state index contributed by atoms with van der Waals surface area (Å²) in [7, 11) is 0. The Morgan fingerprint density at radius 3 is 2.31 bits per heavy atom. The van der Waals surface area contributed by atoms with Gasteiger partial charge in [0.15, 0.2) is 0 Å². The molecule has 0 spiro atoms. The number of H-pyrrole nitrogens is 1. The monoisotopic (exact) mass is 216 g/mol. The summed E-state index contributed by atoms with van der Waals surface area (Å²) in [4.78, 5) is 11.8. The number of nitrogens with zero attached hydrogens (tertiary/aromatic N) is 1. The van der Waals surface area contributed by atoms with Crippen molar-refractivity contribution < 1.29 is 0 Å². The molecule has 16 heavy (non-hydrogen) atoms. The minimum Gasteiger partial charge on any atom is -0.295 e. The van der Waals surface area contributed by atoms with Crippen LogP contribution in [0.3, 0.4) is 0 Å². The summed E-state index contributed by atoms with van der Waals surface area (Å²) in [5.74, 6) is 0. The van der Waals surface area contributed by atoms with Crippen molar-refractivity contribution in [2.24, 2.45) is 0 Å². The highest BCUT2D eigenvalue weighted by molar-refractivity contribution is 5.62. The lowest BCUT2D eigenvalue weighted by atomic mass is 10.1. The van der Waals surface area contributed by atoms with Crippen LogP contribution in [-0.2, 0) is 6.54 Å². The average molecular weight is 216 g/mol. The van der Waals surface area contributed by atoms with E-state index < -0.39 is 0 Å². The standard InChI is InChI=1S/C13H16N2O/c1-4-15-13(16)10(3)12(14-15)11-7-5-9(2)6-8-11/h5-8,14H,4H2,1-3H3. The lowest BCUT2D eigenvalue weighted by Crippen LogP contribution is -2.16. The van der Waals surface area contributed by atoms with E-state index in [4.69, 9.17) is 0 Å². The molecule has 84 valence electrons. The van der Waals surface area contributed by atoms with E-state index in [1.54, 1.807) is 4.68 Å². The van der Waals surface area contributed by atoms with Crippen molar-refractivity contribution in [1.82, 2.24) is 9.78 Å². The number of rotatable bonds is 2. The summed E-state index contributed by atoms with van der Waals surface area (Å²) in [6.45, 7) is 6.54. The van der Waals surface area contributed by atoms with E-state index in [2.05, 4.69) is 24.2 Å². The van der Waals surface area contributed by atoms with Crippen LogP contribution in [0.25, 0.3) is 11.3 Å². The maximum absolute atomic E-state index is 11.8. The molecule has 3 heteroatoms. The molecule has 0 aliphatic heterocycles. The molecule has 0 aliphatic carbocycles. The topological polar surface area (TPSA) is 37.8 Å². The molecule has 0 aliphatic rings. The normalized spacial score (nSPS) is 10.7. The minimum absolute atomic E-state index is 0.0677. The summed E-state index contributed by atoms with van der Waals surface area (Å²) in [6, 6.07) is 8.17. The van der Waals surface area contributed by atoms with Crippen molar-refractivity contribution >= 4 is 0 Å². The summed E-state index contributed by atoms with van der Waals surface area (Å²) >= 11 is 0. The van der Waals surface area contributed by atoms with E-state index in [9.17, 15) is 4.79 Å². The lowest BCUT2D eigenvalue weighted by Gasteiger charge is -2.00. The van der Waals surface area contributed by atoms with Gasteiger partial charge in [0.25, 0.3) is 5.56 Å². The molecule has 0 radical (unpaired) electrons. The number of hydrogen-bond acceptors (Lipinski definition) is 1. The Kier molecular flexibility index (Phi) is 2.69. The van der Waals surface area contributed by atoms with Gasteiger partial charge in [-0.15, -0.1) is 0 Å². The molecule has 1 N–H and O–H groups in total. The van der Waals surface area contributed by atoms with E-state index in [0.717, 1.165) is 16.8 Å². The number of hydrogen-bond donors (Lipinski definition) is 1. The third-order valence-electron chi connectivity index (χ3n) is 2.84. The largest absolute Gasteiger partial charge is 0.295 e. The Bertz CT molecular complexity index is 546. The van der Waals surface area contributed by atoms with Gasteiger partial charge >= 0.3 is 0 Å². The third kappa shape index (κ3) is 1.69. The number of aromatic nitrogens is 2. The molecular formula is C13H16N2O. The summed E-state index contributed by atoms with van der Waals surface area (Å²) < 4.78 is 1.63. The van der Waals surface area contributed by atoms with E-state index in [-0.39, 0.29) is 5.56 Å². The molecule has 1 aromatic carbocycles. The number of aryl methyl sites for hydroxylation is 2. The molecular weight excluding hydrogens is 200 g/mol. The first-order chi connectivity index (χ1) is 7.63. The quantitative estimate of drug-likeness (QED) is 0.822. The molecule has 0 atom stereocenters. The van der Waals surface area contributed by atoms with Gasteiger partial charge in [0.1, 0.15) is 0 Å². The Morgan fingerprint density at radius 1 is 1.19 bits per heavy atom.